The number of quaternary nitrogens is 1. The average molecular weight is 369 g/mol. The van der Waals surface area contributed by atoms with Gasteiger partial charge in [0.25, 0.3) is 11.8 Å². The molecule has 1 heterocycles. The molecule has 0 atom stereocenters. The van der Waals surface area contributed by atoms with Gasteiger partial charge in [-0.1, -0.05) is 24.3 Å². The van der Waals surface area contributed by atoms with Crippen molar-refractivity contribution < 1.29 is 14.5 Å². The second kappa shape index (κ2) is 8.26. The second-order valence-corrected chi connectivity index (χ2v) is 8.02. The zero-order valence-electron chi connectivity index (χ0n) is 16.0. The minimum atomic E-state index is 0.105. The van der Waals surface area contributed by atoms with Crippen LogP contribution in [0, 0.1) is 0 Å². The van der Waals surface area contributed by atoms with Crippen molar-refractivity contribution in [2.24, 2.45) is 0 Å². The molecule has 1 N–H and O–H groups in total. The Balaban J connectivity index is 1.31. The first-order valence-corrected chi connectivity index (χ1v) is 10.4. The molecule has 1 aliphatic heterocycles. The Hall–Kier alpha value is -2.14. The number of allylic oxidation sites excluding steroid dienone is 2. The molecular weight excluding hydrogens is 338 g/mol. The number of carbonyl (C=O) groups is 2. The van der Waals surface area contributed by atoms with Gasteiger partial charge in [-0.2, -0.15) is 0 Å². The quantitative estimate of drug-likeness (QED) is 0.856. The van der Waals surface area contributed by atoms with Crippen LogP contribution in [-0.2, 0) is 4.79 Å². The first-order valence-electron chi connectivity index (χ1n) is 10.4. The molecule has 0 unspecified atom stereocenters. The molecule has 2 fully saturated rings. The molecule has 27 heavy (non-hydrogen) atoms. The fourth-order valence-corrected chi connectivity index (χ4v) is 4.24. The predicted molar refractivity (Wildman–Crippen MR) is 104 cm³/mol. The number of benzene rings is 1. The van der Waals surface area contributed by atoms with Crippen molar-refractivity contribution >= 4 is 11.8 Å². The molecule has 1 saturated heterocycles. The number of piperazine rings is 1. The Morgan fingerprint density at radius 3 is 2.44 bits per heavy atom. The highest BCUT2D eigenvalue weighted by atomic mass is 16.2. The van der Waals surface area contributed by atoms with Crippen LogP contribution in [0.3, 0.4) is 0 Å². The lowest BCUT2D eigenvalue weighted by Crippen LogP contribution is -3.15. The van der Waals surface area contributed by atoms with E-state index in [-0.39, 0.29) is 11.8 Å². The summed E-state index contributed by atoms with van der Waals surface area (Å²) in [5.74, 6) is 0.386. The lowest BCUT2D eigenvalue weighted by atomic mass is 10.0. The molecule has 3 aliphatic rings. The van der Waals surface area contributed by atoms with Crippen LogP contribution in [0.2, 0.25) is 0 Å². The Labute approximate surface area is 161 Å². The summed E-state index contributed by atoms with van der Waals surface area (Å²) in [4.78, 5) is 30.9. The minimum absolute atomic E-state index is 0.105. The van der Waals surface area contributed by atoms with Gasteiger partial charge in [0.2, 0.25) is 0 Å². The Morgan fingerprint density at radius 2 is 1.81 bits per heavy atom. The molecule has 1 saturated carbocycles. The van der Waals surface area contributed by atoms with Gasteiger partial charge in [-0.3, -0.25) is 9.59 Å². The van der Waals surface area contributed by atoms with Crippen molar-refractivity contribution in [2.75, 3.05) is 32.7 Å². The SMILES string of the molecule is O=C(c1ccccc1)N1CC[NH+](CC(=O)N(C2=CCCCC2)C2CC2)CC1. The maximum atomic E-state index is 13.0. The van der Waals surface area contributed by atoms with Gasteiger partial charge >= 0.3 is 0 Å². The van der Waals surface area contributed by atoms with Crippen molar-refractivity contribution in [1.82, 2.24) is 9.80 Å². The van der Waals surface area contributed by atoms with E-state index in [1.807, 2.05) is 35.2 Å². The van der Waals surface area contributed by atoms with Crippen molar-refractivity contribution in [3.05, 3.63) is 47.7 Å². The summed E-state index contributed by atoms with van der Waals surface area (Å²) < 4.78 is 0. The smallest absolute Gasteiger partial charge is 0.282 e. The summed E-state index contributed by atoms with van der Waals surface area (Å²) in [5.41, 5.74) is 2.02. The van der Waals surface area contributed by atoms with Gasteiger partial charge in [0.1, 0.15) is 0 Å². The van der Waals surface area contributed by atoms with E-state index in [1.165, 1.54) is 23.4 Å². The third-order valence-electron chi connectivity index (χ3n) is 5.94. The molecule has 0 spiro atoms. The van der Waals surface area contributed by atoms with E-state index >= 15 is 0 Å². The molecule has 0 radical (unpaired) electrons. The van der Waals surface area contributed by atoms with Crippen LogP contribution in [0.1, 0.15) is 48.9 Å². The molecule has 0 bridgehead atoms. The number of hydrogen-bond acceptors (Lipinski definition) is 2. The van der Waals surface area contributed by atoms with Gasteiger partial charge in [-0.15, -0.1) is 0 Å². The maximum absolute atomic E-state index is 13.0. The van der Waals surface area contributed by atoms with Crippen molar-refractivity contribution in [3.63, 3.8) is 0 Å². The molecule has 1 aromatic rings. The zero-order chi connectivity index (χ0) is 18.6. The van der Waals surface area contributed by atoms with Crippen LogP contribution in [0.4, 0.5) is 0 Å². The first kappa shape index (κ1) is 18.2. The summed E-state index contributed by atoms with van der Waals surface area (Å²) >= 11 is 0. The van der Waals surface area contributed by atoms with Crippen molar-refractivity contribution in [2.45, 2.75) is 44.6 Å². The number of nitrogens with one attached hydrogen (secondary N) is 1. The molecule has 2 amide bonds. The van der Waals surface area contributed by atoms with E-state index in [2.05, 4.69) is 11.0 Å². The molecule has 1 aromatic carbocycles. The predicted octanol–water partition coefficient (Wildman–Crippen LogP) is 1.48. The number of carbonyl (C=O) groups excluding carboxylic acids is 2. The zero-order valence-corrected chi connectivity index (χ0v) is 16.0. The number of amides is 2. The average Bonchev–Trinajstić information content (AvgIpc) is 3.55. The highest BCUT2D eigenvalue weighted by molar-refractivity contribution is 5.94. The molecule has 0 aromatic heterocycles. The van der Waals surface area contributed by atoms with Gasteiger partial charge in [0.15, 0.2) is 6.54 Å². The fourth-order valence-electron chi connectivity index (χ4n) is 4.24. The monoisotopic (exact) mass is 368 g/mol. The molecule has 2 aliphatic carbocycles. The number of rotatable bonds is 5. The second-order valence-electron chi connectivity index (χ2n) is 8.02. The van der Waals surface area contributed by atoms with Crippen LogP contribution >= 0.6 is 0 Å². The highest BCUT2D eigenvalue weighted by Crippen LogP contribution is 2.33. The van der Waals surface area contributed by atoms with Gasteiger partial charge in [-0.25, -0.2) is 0 Å². The Kier molecular flexibility index (Phi) is 5.58. The number of hydrogen-bond donors (Lipinski definition) is 1. The summed E-state index contributed by atoms with van der Waals surface area (Å²) in [6.07, 6.45) is 9.20. The summed E-state index contributed by atoms with van der Waals surface area (Å²) in [5, 5.41) is 0. The van der Waals surface area contributed by atoms with Crippen LogP contribution in [0.15, 0.2) is 42.1 Å². The largest absolute Gasteiger partial charge is 0.327 e. The molecule has 5 nitrogen and oxygen atoms in total. The Morgan fingerprint density at radius 1 is 1.07 bits per heavy atom. The summed E-state index contributed by atoms with van der Waals surface area (Å²) in [6, 6.07) is 9.92. The first-order chi connectivity index (χ1) is 13.2. The van der Waals surface area contributed by atoms with Crippen molar-refractivity contribution in [3.8, 4) is 0 Å². The van der Waals surface area contributed by atoms with Gasteiger partial charge in [0.05, 0.1) is 26.2 Å². The standard InChI is InChI=1S/C22H29N3O2/c26-21(25(20-11-12-20)19-9-5-2-6-10-19)17-23-13-15-24(16-14-23)22(27)18-7-3-1-4-8-18/h1,3-4,7-9,20H,2,5-6,10-17H2/p+1. The van der Waals surface area contributed by atoms with E-state index in [0.717, 1.165) is 57.4 Å². The third kappa shape index (κ3) is 4.41. The minimum Gasteiger partial charge on any atom is -0.327 e. The topological polar surface area (TPSA) is 45.1 Å². The van der Waals surface area contributed by atoms with E-state index in [9.17, 15) is 9.59 Å². The lowest BCUT2D eigenvalue weighted by molar-refractivity contribution is -0.896. The van der Waals surface area contributed by atoms with E-state index in [0.29, 0.717) is 12.6 Å². The normalized spacial score (nSPS) is 20.9. The number of nitrogens with zero attached hydrogens (tertiary/aromatic N) is 2. The van der Waals surface area contributed by atoms with Crippen LogP contribution < -0.4 is 4.90 Å². The van der Waals surface area contributed by atoms with Gasteiger partial charge in [-0.05, 0) is 50.7 Å². The van der Waals surface area contributed by atoms with E-state index in [4.69, 9.17) is 0 Å². The molecule has 5 heteroatoms. The maximum Gasteiger partial charge on any atom is 0.282 e. The van der Waals surface area contributed by atoms with Gasteiger partial charge in [0, 0.05) is 17.3 Å². The van der Waals surface area contributed by atoms with E-state index in [1.54, 1.807) is 0 Å². The Bertz CT molecular complexity index is 704. The lowest BCUT2D eigenvalue weighted by Gasteiger charge is -2.34. The van der Waals surface area contributed by atoms with Crippen LogP contribution in [0.5, 0.6) is 0 Å². The van der Waals surface area contributed by atoms with Crippen molar-refractivity contribution in [1.29, 1.82) is 0 Å². The van der Waals surface area contributed by atoms with Crippen LogP contribution in [0.25, 0.3) is 0 Å². The van der Waals surface area contributed by atoms with E-state index < -0.39 is 0 Å². The fraction of sp³-hybridized carbons (Fsp3) is 0.545. The molecule has 144 valence electrons. The summed E-state index contributed by atoms with van der Waals surface area (Å²) in [6.45, 7) is 3.70. The highest BCUT2D eigenvalue weighted by Gasteiger charge is 2.37. The molecular formula is C22H30N3O2+. The third-order valence-corrected chi connectivity index (χ3v) is 5.94. The summed E-state index contributed by atoms with van der Waals surface area (Å²) in [7, 11) is 0. The molecule has 4 rings (SSSR count). The van der Waals surface area contributed by atoms with Gasteiger partial charge < -0.3 is 14.7 Å². The van der Waals surface area contributed by atoms with Crippen LogP contribution in [-0.4, -0.2) is 60.4 Å².